The van der Waals surface area contributed by atoms with E-state index < -0.39 is 97.5 Å². The van der Waals surface area contributed by atoms with Crippen molar-refractivity contribution in [2.45, 2.75) is 367 Å². The Morgan fingerprint density at radius 3 is 0.779 bits per heavy atom. The monoisotopic (exact) mass is 1500 g/mol. The highest BCUT2D eigenvalue weighted by atomic mass is 31.2. The first-order valence-corrected chi connectivity index (χ1v) is 44.1. The van der Waals surface area contributed by atoms with Crippen molar-refractivity contribution < 1.29 is 80.2 Å². The second-order valence-corrected chi connectivity index (χ2v) is 30.2. The van der Waals surface area contributed by atoms with Gasteiger partial charge in [0.15, 0.2) is 12.2 Å². The third-order valence-corrected chi connectivity index (χ3v) is 19.1. The summed E-state index contributed by atoms with van der Waals surface area (Å²) in [7, 11) is -9.97. The van der Waals surface area contributed by atoms with Crippen LogP contribution >= 0.6 is 15.6 Å². The molecule has 0 aliphatic carbocycles. The number of hydrogen-bond donors (Lipinski definition) is 3. The Kier molecular flexibility index (Phi) is 73.7. The van der Waals surface area contributed by atoms with Gasteiger partial charge < -0.3 is 33.8 Å². The van der Waals surface area contributed by atoms with E-state index in [9.17, 15) is 43.2 Å². The molecule has 0 aliphatic rings. The summed E-state index contributed by atoms with van der Waals surface area (Å²) in [6.45, 7) is 4.63. The van der Waals surface area contributed by atoms with Crippen LogP contribution in [0.15, 0.2) is 109 Å². The van der Waals surface area contributed by atoms with Crippen LogP contribution < -0.4 is 0 Å². The van der Waals surface area contributed by atoms with E-state index in [0.29, 0.717) is 25.7 Å². The molecule has 0 aromatic heterocycles. The van der Waals surface area contributed by atoms with E-state index >= 15 is 0 Å². The summed E-state index contributed by atoms with van der Waals surface area (Å²) in [5.41, 5.74) is 0. The van der Waals surface area contributed by atoms with Gasteiger partial charge in [0.05, 0.1) is 26.4 Å². The minimum Gasteiger partial charge on any atom is -0.462 e. The minimum atomic E-state index is -4.99. The van der Waals surface area contributed by atoms with Gasteiger partial charge in [-0.1, -0.05) is 285 Å². The van der Waals surface area contributed by atoms with Crippen LogP contribution in [0.3, 0.4) is 0 Å². The number of phosphoric acid groups is 2. The predicted octanol–water partition coefficient (Wildman–Crippen LogP) is 24.1. The Bertz CT molecular complexity index is 2390. The van der Waals surface area contributed by atoms with Gasteiger partial charge in [-0.2, -0.15) is 0 Å². The summed E-state index contributed by atoms with van der Waals surface area (Å²) in [6.07, 6.45) is 83.4. The number of phosphoric ester groups is 2. The maximum atomic E-state index is 13.1. The van der Waals surface area contributed by atoms with Crippen molar-refractivity contribution in [2.24, 2.45) is 0 Å². The fraction of sp³-hybridized carbons (Fsp3) is 0.741. The zero-order valence-corrected chi connectivity index (χ0v) is 67.5. The molecule has 0 heterocycles. The largest absolute Gasteiger partial charge is 0.472 e. The van der Waals surface area contributed by atoms with Gasteiger partial charge in [-0.3, -0.25) is 37.3 Å². The lowest BCUT2D eigenvalue weighted by Crippen LogP contribution is -2.30. The molecular weight excluding hydrogens is 1350 g/mol. The Hall–Kier alpha value is -4.28. The molecule has 5 unspecified atom stereocenters. The number of ether oxygens (including phenoxy) is 4. The van der Waals surface area contributed by atoms with Gasteiger partial charge in [0, 0.05) is 25.7 Å². The number of carbonyl (C=O) groups is 4. The minimum absolute atomic E-state index is 0.0706. The van der Waals surface area contributed by atoms with Crippen LogP contribution in [0.1, 0.15) is 349 Å². The predicted molar refractivity (Wildman–Crippen MR) is 427 cm³/mol. The molecule has 0 radical (unpaired) electrons. The Morgan fingerprint density at radius 1 is 0.279 bits per heavy atom. The van der Waals surface area contributed by atoms with Crippen molar-refractivity contribution in [1.82, 2.24) is 0 Å². The summed E-state index contributed by atoms with van der Waals surface area (Å²) in [6, 6.07) is 0. The lowest BCUT2D eigenvalue weighted by molar-refractivity contribution is -0.161. The lowest BCUT2D eigenvalue weighted by atomic mass is 10.1. The molecule has 0 saturated carbocycles. The highest BCUT2D eigenvalue weighted by molar-refractivity contribution is 7.47. The van der Waals surface area contributed by atoms with Crippen LogP contribution in [0.2, 0.25) is 0 Å². The van der Waals surface area contributed by atoms with Gasteiger partial charge >= 0.3 is 39.5 Å². The van der Waals surface area contributed by atoms with E-state index in [1.807, 2.05) is 0 Å². The SMILES string of the molecule is CC/C=C\C/C=C\C/C=C\C/C=C\CCCCCCCCC(=O)OCC(COP(=O)(O)OCC(O)COP(=O)(O)OCC(COC(=O)CCCCCCC/C=C\CCCCCCCC)OC(=O)CCCCCCC/C=C\CCCCCCCC)OC(=O)CCCCCCC/C=C\C/C=C\C/C=C\CC. The molecule has 600 valence electrons. The first-order valence-electron chi connectivity index (χ1n) is 41.1. The summed E-state index contributed by atoms with van der Waals surface area (Å²) < 4.78 is 68.7. The third kappa shape index (κ3) is 75.9. The van der Waals surface area contributed by atoms with Crippen molar-refractivity contribution >= 4 is 39.5 Å². The summed E-state index contributed by atoms with van der Waals surface area (Å²) in [5.74, 6) is -2.21. The average Bonchev–Trinajstić information content (AvgIpc) is 0.918. The highest BCUT2D eigenvalue weighted by Crippen LogP contribution is 2.45. The fourth-order valence-corrected chi connectivity index (χ4v) is 12.6. The molecule has 17 nitrogen and oxygen atoms in total. The van der Waals surface area contributed by atoms with E-state index in [4.69, 9.17) is 37.0 Å². The standard InChI is InChI=1S/C85H148O17P2/c1-5-9-13-17-21-25-29-33-37-38-39-40-44-46-50-54-58-62-66-70-83(88)96-76-81(102-85(90)72-68-64-60-56-52-48-43-36-32-28-24-20-16-12-8-4)78-100-104(93,94)98-74-79(86)73-97-103(91,92)99-77-80(101-84(89)71-67-63-59-55-51-47-42-35-31-27-23-19-15-11-7-3)75-95-82(87)69-65-61-57-53-49-45-41-34-30-26-22-18-14-10-6-2/h9,12-13,16,21,24-25,28,33-37,39-43,79-81,86H,5-8,10-11,14-15,17-20,22-23,26-27,29-32,38,44-78H2,1-4H3,(H,91,92)(H,93,94)/b13-9-,16-12-,25-21-,28-24-,37-33-,40-39-,41-34-,42-35-,43-36-. The van der Waals surface area contributed by atoms with Crippen LogP contribution in [-0.2, 0) is 65.4 Å². The smallest absolute Gasteiger partial charge is 0.462 e. The first kappa shape index (κ1) is 99.7. The van der Waals surface area contributed by atoms with Crippen molar-refractivity contribution in [2.75, 3.05) is 39.6 Å². The number of aliphatic hydroxyl groups is 1. The van der Waals surface area contributed by atoms with Gasteiger partial charge in [0.25, 0.3) is 0 Å². The van der Waals surface area contributed by atoms with Crippen molar-refractivity contribution in [3.05, 3.63) is 109 Å². The molecule has 0 amide bonds. The van der Waals surface area contributed by atoms with Gasteiger partial charge in [-0.25, -0.2) is 9.13 Å². The fourth-order valence-electron chi connectivity index (χ4n) is 11.0. The van der Waals surface area contributed by atoms with Gasteiger partial charge in [0.2, 0.25) is 0 Å². The maximum Gasteiger partial charge on any atom is 0.472 e. The topological polar surface area (TPSA) is 237 Å². The second kappa shape index (κ2) is 76.9. The van der Waals surface area contributed by atoms with Crippen molar-refractivity contribution in [3.63, 3.8) is 0 Å². The molecule has 0 fully saturated rings. The number of hydrogen-bond acceptors (Lipinski definition) is 15. The number of aliphatic hydroxyl groups excluding tert-OH is 1. The molecule has 0 bridgehead atoms. The number of rotatable bonds is 77. The van der Waals surface area contributed by atoms with Gasteiger partial charge in [0.1, 0.15) is 19.3 Å². The van der Waals surface area contributed by atoms with Crippen LogP contribution in [-0.4, -0.2) is 96.7 Å². The highest BCUT2D eigenvalue weighted by Gasteiger charge is 2.30. The van der Waals surface area contributed by atoms with Gasteiger partial charge in [-0.05, 0) is 148 Å². The van der Waals surface area contributed by atoms with Crippen LogP contribution in [0.4, 0.5) is 0 Å². The number of unbranched alkanes of at least 4 members (excludes halogenated alkanes) is 33. The van der Waals surface area contributed by atoms with E-state index in [1.165, 1.54) is 77.0 Å². The number of esters is 4. The molecule has 104 heavy (non-hydrogen) atoms. The van der Waals surface area contributed by atoms with Crippen molar-refractivity contribution in [1.29, 1.82) is 0 Å². The second-order valence-electron chi connectivity index (χ2n) is 27.3. The molecular formula is C85H148O17P2. The quantitative estimate of drug-likeness (QED) is 0.0169. The van der Waals surface area contributed by atoms with Crippen LogP contribution in [0.5, 0.6) is 0 Å². The zero-order chi connectivity index (χ0) is 76.0. The molecule has 0 aliphatic heterocycles. The third-order valence-electron chi connectivity index (χ3n) is 17.2. The zero-order valence-electron chi connectivity index (χ0n) is 65.7. The van der Waals surface area contributed by atoms with Crippen LogP contribution in [0, 0.1) is 0 Å². The molecule has 0 aromatic carbocycles. The number of allylic oxidation sites excluding steroid dienone is 18. The summed E-state index contributed by atoms with van der Waals surface area (Å²) in [5, 5.41) is 10.7. The Balaban J connectivity index is 5.38. The Morgan fingerprint density at radius 2 is 0.500 bits per heavy atom. The maximum absolute atomic E-state index is 13.1. The average molecular weight is 1500 g/mol. The molecule has 3 N–H and O–H groups in total. The van der Waals surface area contributed by atoms with E-state index in [1.54, 1.807) is 0 Å². The molecule has 0 spiro atoms. The van der Waals surface area contributed by atoms with E-state index in [2.05, 4.69) is 137 Å². The number of carbonyl (C=O) groups excluding carboxylic acids is 4. The molecule has 0 aromatic rings. The van der Waals surface area contributed by atoms with Crippen molar-refractivity contribution in [3.8, 4) is 0 Å². The molecule has 0 rings (SSSR count). The lowest BCUT2D eigenvalue weighted by Gasteiger charge is -2.21. The molecule has 0 saturated heterocycles. The molecule has 19 heteroatoms. The summed E-state index contributed by atoms with van der Waals surface area (Å²) in [4.78, 5) is 73.1. The Labute approximate surface area is 632 Å². The summed E-state index contributed by atoms with van der Waals surface area (Å²) >= 11 is 0. The van der Waals surface area contributed by atoms with Gasteiger partial charge in [-0.15, -0.1) is 0 Å². The first-order chi connectivity index (χ1) is 50.7. The molecule has 5 atom stereocenters. The normalized spacial score (nSPS) is 14.4. The van der Waals surface area contributed by atoms with E-state index in [0.717, 1.165) is 193 Å². The van der Waals surface area contributed by atoms with E-state index in [-0.39, 0.29) is 25.7 Å². The van der Waals surface area contributed by atoms with Crippen LogP contribution in [0.25, 0.3) is 0 Å².